The minimum Gasteiger partial charge on any atom is -0.476 e. The molecule has 1 aromatic heterocycles. The van der Waals surface area contributed by atoms with Crippen LogP contribution in [0.1, 0.15) is 24.3 Å². The quantitative estimate of drug-likeness (QED) is 0.819. The number of anilines is 1. The molecule has 1 fully saturated rings. The Hall–Kier alpha value is -1.69. The molecule has 0 spiro atoms. The SMILES string of the molecule is CC1(C)CN(c2cncc(C(=O)O)n2)CCO1. The van der Waals surface area contributed by atoms with E-state index in [-0.39, 0.29) is 11.3 Å². The maximum atomic E-state index is 10.8. The van der Waals surface area contributed by atoms with E-state index < -0.39 is 5.97 Å². The molecule has 92 valence electrons. The second-order valence-corrected chi connectivity index (χ2v) is 4.60. The molecule has 0 unspecified atom stereocenters. The summed E-state index contributed by atoms with van der Waals surface area (Å²) >= 11 is 0. The van der Waals surface area contributed by atoms with Crippen LogP contribution in [-0.4, -0.2) is 46.3 Å². The summed E-state index contributed by atoms with van der Waals surface area (Å²) in [7, 11) is 0. The molecule has 1 aliphatic rings. The number of carboxylic acid groups (broad SMARTS) is 1. The van der Waals surface area contributed by atoms with Crippen molar-refractivity contribution in [2.24, 2.45) is 0 Å². The Bertz CT molecular complexity index is 434. The monoisotopic (exact) mass is 237 g/mol. The molecule has 0 bridgehead atoms. The lowest BCUT2D eigenvalue weighted by atomic mass is 10.1. The van der Waals surface area contributed by atoms with Crippen molar-refractivity contribution >= 4 is 11.8 Å². The number of hydrogen-bond donors (Lipinski definition) is 1. The van der Waals surface area contributed by atoms with Crippen molar-refractivity contribution in [3.05, 3.63) is 18.1 Å². The summed E-state index contributed by atoms with van der Waals surface area (Å²) in [6.07, 6.45) is 2.82. The zero-order valence-corrected chi connectivity index (χ0v) is 9.88. The van der Waals surface area contributed by atoms with Crippen molar-refractivity contribution in [2.45, 2.75) is 19.4 Å². The predicted molar refractivity (Wildman–Crippen MR) is 61.2 cm³/mol. The van der Waals surface area contributed by atoms with Crippen molar-refractivity contribution in [3.8, 4) is 0 Å². The van der Waals surface area contributed by atoms with E-state index in [1.807, 2.05) is 18.7 Å². The zero-order valence-electron chi connectivity index (χ0n) is 9.88. The molecule has 6 heteroatoms. The summed E-state index contributed by atoms with van der Waals surface area (Å²) in [5, 5.41) is 8.86. The summed E-state index contributed by atoms with van der Waals surface area (Å²) in [4.78, 5) is 20.8. The first kappa shape index (κ1) is 11.8. The Morgan fingerprint density at radius 3 is 2.94 bits per heavy atom. The van der Waals surface area contributed by atoms with Gasteiger partial charge in [0.2, 0.25) is 0 Å². The van der Waals surface area contributed by atoms with E-state index in [2.05, 4.69) is 9.97 Å². The highest BCUT2D eigenvalue weighted by Crippen LogP contribution is 2.20. The summed E-state index contributed by atoms with van der Waals surface area (Å²) in [5.41, 5.74) is -0.286. The third kappa shape index (κ3) is 2.71. The summed E-state index contributed by atoms with van der Waals surface area (Å²) in [6.45, 7) is 5.96. The van der Waals surface area contributed by atoms with Crippen LogP contribution in [0.2, 0.25) is 0 Å². The number of carboxylic acids is 1. The van der Waals surface area contributed by atoms with Crippen LogP contribution in [0.5, 0.6) is 0 Å². The number of hydrogen-bond acceptors (Lipinski definition) is 5. The van der Waals surface area contributed by atoms with Crippen LogP contribution < -0.4 is 4.90 Å². The van der Waals surface area contributed by atoms with Gasteiger partial charge in [-0.2, -0.15) is 0 Å². The third-order valence-corrected chi connectivity index (χ3v) is 2.59. The van der Waals surface area contributed by atoms with Gasteiger partial charge in [-0.1, -0.05) is 0 Å². The average molecular weight is 237 g/mol. The number of rotatable bonds is 2. The molecule has 0 radical (unpaired) electrons. The first-order chi connectivity index (χ1) is 7.98. The van der Waals surface area contributed by atoms with Crippen molar-refractivity contribution in [2.75, 3.05) is 24.6 Å². The van der Waals surface area contributed by atoms with Crippen molar-refractivity contribution in [3.63, 3.8) is 0 Å². The van der Waals surface area contributed by atoms with Gasteiger partial charge in [-0.15, -0.1) is 0 Å². The van der Waals surface area contributed by atoms with Crippen molar-refractivity contribution in [1.82, 2.24) is 9.97 Å². The fourth-order valence-corrected chi connectivity index (χ4v) is 1.82. The smallest absolute Gasteiger partial charge is 0.356 e. The molecule has 1 N–H and O–H groups in total. The number of aromatic nitrogens is 2. The summed E-state index contributed by atoms with van der Waals surface area (Å²) in [5.74, 6) is -0.479. The summed E-state index contributed by atoms with van der Waals surface area (Å²) < 4.78 is 5.59. The molecular formula is C11H15N3O3. The van der Waals surface area contributed by atoms with Crippen molar-refractivity contribution in [1.29, 1.82) is 0 Å². The Morgan fingerprint density at radius 1 is 1.53 bits per heavy atom. The molecule has 1 aliphatic heterocycles. The molecule has 6 nitrogen and oxygen atoms in total. The fourth-order valence-electron chi connectivity index (χ4n) is 1.82. The van der Waals surface area contributed by atoms with Crippen LogP contribution in [0, 0.1) is 0 Å². The molecule has 2 rings (SSSR count). The predicted octanol–water partition coefficient (Wildman–Crippen LogP) is 0.790. The Labute approximate surface area is 99.2 Å². The first-order valence-corrected chi connectivity index (χ1v) is 5.42. The lowest BCUT2D eigenvalue weighted by Gasteiger charge is -2.38. The van der Waals surface area contributed by atoms with E-state index in [0.29, 0.717) is 25.5 Å². The minimum absolute atomic E-state index is 0.0354. The van der Waals surface area contributed by atoms with Gasteiger partial charge in [0.05, 0.1) is 24.6 Å². The van der Waals surface area contributed by atoms with Gasteiger partial charge in [-0.25, -0.2) is 9.78 Å². The second kappa shape index (κ2) is 4.29. The van der Waals surface area contributed by atoms with Gasteiger partial charge < -0.3 is 14.7 Å². The fraction of sp³-hybridized carbons (Fsp3) is 0.545. The highest BCUT2D eigenvalue weighted by molar-refractivity contribution is 5.85. The molecule has 0 atom stereocenters. The standard InChI is InChI=1S/C11H15N3O3/c1-11(2)7-14(3-4-17-11)9-6-12-5-8(13-9)10(15)16/h5-6H,3-4,7H2,1-2H3,(H,15,16). The Balaban J connectivity index is 2.22. The van der Waals surface area contributed by atoms with Crippen LogP contribution in [0.4, 0.5) is 5.82 Å². The molecule has 0 aromatic carbocycles. The van der Waals surface area contributed by atoms with Crippen LogP contribution in [0.15, 0.2) is 12.4 Å². The van der Waals surface area contributed by atoms with E-state index in [0.717, 1.165) is 0 Å². The highest BCUT2D eigenvalue weighted by atomic mass is 16.5. The maximum Gasteiger partial charge on any atom is 0.356 e. The molecule has 1 aromatic rings. The molecule has 17 heavy (non-hydrogen) atoms. The van der Waals surface area contributed by atoms with Gasteiger partial charge in [0.1, 0.15) is 5.82 Å². The lowest BCUT2D eigenvalue weighted by Crippen LogP contribution is -2.48. The number of nitrogens with zero attached hydrogens (tertiary/aromatic N) is 3. The second-order valence-electron chi connectivity index (χ2n) is 4.60. The van der Waals surface area contributed by atoms with Gasteiger partial charge in [0, 0.05) is 13.1 Å². The van der Waals surface area contributed by atoms with Crippen LogP contribution in [0.25, 0.3) is 0 Å². The molecule has 0 amide bonds. The zero-order chi connectivity index (χ0) is 12.5. The van der Waals surface area contributed by atoms with Gasteiger partial charge in [-0.05, 0) is 13.8 Å². The first-order valence-electron chi connectivity index (χ1n) is 5.42. The van der Waals surface area contributed by atoms with Gasteiger partial charge >= 0.3 is 5.97 Å². The number of morpholine rings is 1. The third-order valence-electron chi connectivity index (χ3n) is 2.59. The van der Waals surface area contributed by atoms with Gasteiger partial charge in [-0.3, -0.25) is 4.98 Å². The average Bonchev–Trinajstić information content (AvgIpc) is 2.28. The molecule has 0 aliphatic carbocycles. The van der Waals surface area contributed by atoms with E-state index in [4.69, 9.17) is 9.84 Å². The topological polar surface area (TPSA) is 75.6 Å². The van der Waals surface area contributed by atoms with E-state index >= 15 is 0 Å². The normalized spacial score (nSPS) is 19.1. The molecular weight excluding hydrogens is 222 g/mol. The van der Waals surface area contributed by atoms with Crippen LogP contribution >= 0.6 is 0 Å². The Kier molecular flexibility index (Phi) is 2.97. The van der Waals surface area contributed by atoms with Crippen LogP contribution in [-0.2, 0) is 4.74 Å². The highest BCUT2D eigenvalue weighted by Gasteiger charge is 2.28. The molecule has 2 heterocycles. The number of carbonyl (C=O) groups is 1. The molecule has 1 saturated heterocycles. The van der Waals surface area contributed by atoms with Gasteiger partial charge in [0.25, 0.3) is 0 Å². The van der Waals surface area contributed by atoms with E-state index in [1.54, 1.807) is 6.20 Å². The van der Waals surface area contributed by atoms with Crippen LogP contribution in [0.3, 0.4) is 0 Å². The van der Waals surface area contributed by atoms with Gasteiger partial charge in [0.15, 0.2) is 5.69 Å². The lowest BCUT2D eigenvalue weighted by molar-refractivity contribution is -0.0279. The maximum absolute atomic E-state index is 10.8. The van der Waals surface area contributed by atoms with E-state index in [9.17, 15) is 4.79 Å². The molecule has 0 saturated carbocycles. The minimum atomic E-state index is -1.06. The largest absolute Gasteiger partial charge is 0.476 e. The number of ether oxygens (including phenoxy) is 1. The van der Waals surface area contributed by atoms with E-state index in [1.165, 1.54) is 6.20 Å². The summed E-state index contributed by atoms with van der Waals surface area (Å²) in [6, 6.07) is 0. The van der Waals surface area contributed by atoms with Crippen molar-refractivity contribution < 1.29 is 14.6 Å². The number of aromatic carboxylic acids is 1. The Morgan fingerprint density at radius 2 is 2.29 bits per heavy atom.